The molecule has 9 heteroatoms. The molecule has 0 aliphatic heterocycles. The summed E-state index contributed by atoms with van der Waals surface area (Å²) in [6, 6.07) is 8.40. The SMILES string of the molecule is O=S(=O)(Nc1cccc(Oc2cnccn2)c1)c1ccc(F)c(F)c1. The second-order valence-corrected chi connectivity index (χ2v) is 6.54. The highest BCUT2D eigenvalue weighted by atomic mass is 32.2. The highest BCUT2D eigenvalue weighted by Gasteiger charge is 2.17. The summed E-state index contributed by atoms with van der Waals surface area (Å²) < 4.78 is 58.5. The van der Waals surface area contributed by atoms with Crippen LogP contribution in [0.5, 0.6) is 11.6 Å². The van der Waals surface area contributed by atoms with E-state index in [9.17, 15) is 17.2 Å². The molecule has 1 N–H and O–H groups in total. The molecule has 3 aromatic rings. The van der Waals surface area contributed by atoms with Crippen molar-refractivity contribution in [1.82, 2.24) is 9.97 Å². The van der Waals surface area contributed by atoms with Crippen LogP contribution in [0.1, 0.15) is 0 Å². The van der Waals surface area contributed by atoms with Gasteiger partial charge >= 0.3 is 0 Å². The fourth-order valence-electron chi connectivity index (χ4n) is 1.94. The van der Waals surface area contributed by atoms with Crippen LogP contribution in [-0.4, -0.2) is 18.4 Å². The number of nitrogens with one attached hydrogen (secondary N) is 1. The van der Waals surface area contributed by atoms with E-state index in [1.54, 1.807) is 12.1 Å². The number of hydrogen-bond acceptors (Lipinski definition) is 5. The van der Waals surface area contributed by atoms with Crippen LogP contribution in [0, 0.1) is 11.6 Å². The number of halogens is 2. The number of benzene rings is 2. The maximum absolute atomic E-state index is 13.3. The van der Waals surface area contributed by atoms with Gasteiger partial charge in [0.25, 0.3) is 10.0 Å². The largest absolute Gasteiger partial charge is 0.437 e. The lowest BCUT2D eigenvalue weighted by Gasteiger charge is -2.10. The Morgan fingerprint density at radius 3 is 2.56 bits per heavy atom. The Bertz CT molecular complexity index is 999. The van der Waals surface area contributed by atoms with E-state index >= 15 is 0 Å². The lowest BCUT2D eigenvalue weighted by molar-refractivity contribution is 0.460. The predicted octanol–water partition coefficient (Wildman–Crippen LogP) is 3.35. The maximum Gasteiger partial charge on any atom is 0.262 e. The second-order valence-electron chi connectivity index (χ2n) is 4.85. The van der Waals surface area contributed by atoms with Crippen LogP contribution >= 0.6 is 0 Å². The van der Waals surface area contributed by atoms with Crippen molar-refractivity contribution < 1.29 is 21.9 Å². The molecule has 0 saturated carbocycles. The number of aromatic nitrogens is 2. The Hall–Kier alpha value is -3.07. The van der Waals surface area contributed by atoms with E-state index in [1.807, 2.05) is 0 Å². The second kappa shape index (κ2) is 6.81. The zero-order chi connectivity index (χ0) is 17.9. The first kappa shape index (κ1) is 16.8. The third kappa shape index (κ3) is 4.07. The molecule has 2 aromatic carbocycles. The molecule has 0 bridgehead atoms. The van der Waals surface area contributed by atoms with Crippen molar-refractivity contribution >= 4 is 15.7 Å². The molecular formula is C16H11F2N3O3S. The summed E-state index contributed by atoms with van der Waals surface area (Å²) >= 11 is 0. The molecule has 6 nitrogen and oxygen atoms in total. The van der Waals surface area contributed by atoms with Crippen molar-refractivity contribution in [2.45, 2.75) is 4.90 Å². The van der Waals surface area contributed by atoms with E-state index in [-0.39, 0.29) is 11.6 Å². The van der Waals surface area contributed by atoms with Crippen LogP contribution in [-0.2, 0) is 10.0 Å². The van der Waals surface area contributed by atoms with Gasteiger partial charge in [-0.1, -0.05) is 6.07 Å². The zero-order valence-corrected chi connectivity index (χ0v) is 13.4. The van der Waals surface area contributed by atoms with Crippen molar-refractivity contribution in [2.75, 3.05) is 4.72 Å². The highest BCUT2D eigenvalue weighted by Crippen LogP contribution is 2.24. The molecule has 1 heterocycles. The lowest BCUT2D eigenvalue weighted by atomic mass is 10.3. The zero-order valence-electron chi connectivity index (χ0n) is 12.6. The molecule has 0 saturated heterocycles. The number of nitrogens with zero attached hydrogens (tertiary/aromatic N) is 2. The summed E-state index contributed by atoms with van der Waals surface area (Å²) in [5.41, 5.74) is 0.186. The van der Waals surface area contributed by atoms with Crippen LogP contribution in [0.15, 0.2) is 66.0 Å². The van der Waals surface area contributed by atoms with Gasteiger partial charge in [0.2, 0.25) is 5.88 Å². The molecule has 0 aliphatic carbocycles. The van der Waals surface area contributed by atoms with Crippen molar-refractivity contribution in [3.05, 3.63) is 72.7 Å². The van der Waals surface area contributed by atoms with Gasteiger partial charge in [0.1, 0.15) is 5.75 Å². The Morgan fingerprint density at radius 1 is 1.00 bits per heavy atom. The van der Waals surface area contributed by atoms with Crippen LogP contribution in [0.25, 0.3) is 0 Å². The van der Waals surface area contributed by atoms with Gasteiger partial charge in [-0.15, -0.1) is 0 Å². The van der Waals surface area contributed by atoms with Crippen LogP contribution < -0.4 is 9.46 Å². The fourth-order valence-corrected chi connectivity index (χ4v) is 3.00. The molecule has 0 fully saturated rings. The van der Waals surface area contributed by atoms with Crippen LogP contribution in [0.4, 0.5) is 14.5 Å². The number of ether oxygens (including phenoxy) is 1. The Balaban J connectivity index is 1.82. The van der Waals surface area contributed by atoms with Crippen LogP contribution in [0.3, 0.4) is 0 Å². The maximum atomic E-state index is 13.3. The smallest absolute Gasteiger partial charge is 0.262 e. The summed E-state index contributed by atoms with van der Waals surface area (Å²) in [6.45, 7) is 0. The Kier molecular flexibility index (Phi) is 4.57. The van der Waals surface area contributed by atoms with Gasteiger partial charge in [-0.25, -0.2) is 22.2 Å². The quantitative estimate of drug-likeness (QED) is 0.752. The molecule has 1 aromatic heterocycles. The minimum Gasteiger partial charge on any atom is -0.437 e. The average molecular weight is 363 g/mol. The van der Waals surface area contributed by atoms with E-state index in [1.165, 1.54) is 30.7 Å². The molecule has 0 spiro atoms. The van der Waals surface area contributed by atoms with E-state index in [0.29, 0.717) is 11.8 Å². The Morgan fingerprint density at radius 2 is 1.84 bits per heavy atom. The summed E-state index contributed by atoms with van der Waals surface area (Å²) in [5, 5.41) is 0. The minimum atomic E-state index is -4.08. The van der Waals surface area contributed by atoms with Crippen molar-refractivity contribution in [3.63, 3.8) is 0 Å². The molecule has 0 atom stereocenters. The summed E-state index contributed by atoms with van der Waals surface area (Å²) in [5.74, 6) is -1.81. The summed E-state index contributed by atoms with van der Waals surface area (Å²) in [7, 11) is -4.08. The first-order chi connectivity index (χ1) is 11.9. The third-order valence-electron chi connectivity index (χ3n) is 3.05. The number of rotatable bonds is 5. The van der Waals surface area contributed by atoms with Gasteiger partial charge in [-0.05, 0) is 30.3 Å². The normalized spacial score (nSPS) is 11.1. The van der Waals surface area contributed by atoms with E-state index in [4.69, 9.17) is 4.74 Å². The molecule has 0 radical (unpaired) electrons. The third-order valence-corrected chi connectivity index (χ3v) is 4.43. The lowest BCUT2D eigenvalue weighted by Crippen LogP contribution is -2.13. The van der Waals surface area contributed by atoms with Gasteiger partial charge < -0.3 is 4.74 Å². The first-order valence-corrected chi connectivity index (χ1v) is 8.44. The molecule has 128 valence electrons. The van der Waals surface area contributed by atoms with Gasteiger partial charge in [0.05, 0.1) is 16.8 Å². The van der Waals surface area contributed by atoms with E-state index < -0.39 is 26.6 Å². The topological polar surface area (TPSA) is 81.2 Å². The molecule has 0 amide bonds. The number of hydrogen-bond donors (Lipinski definition) is 1. The van der Waals surface area contributed by atoms with Crippen molar-refractivity contribution in [2.24, 2.45) is 0 Å². The highest BCUT2D eigenvalue weighted by molar-refractivity contribution is 7.92. The van der Waals surface area contributed by atoms with E-state index in [0.717, 1.165) is 12.1 Å². The predicted molar refractivity (Wildman–Crippen MR) is 85.7 cm³/mol. The summed E-state index contributed by atoms with van der Waals surface area (Å²) in [4.78, 5) is 7.40. The van der Waals surface area contributed by atoms with Crippen molar-refractivity contribution in [3.8, 4) is 11.6 Å². The van der Waals surface area contributed by atoms with Gasteiger partial charge in [-0.2, -0.15) is 0 Å². The molecule has 25 heavy (non-hydrogen) atoms. The van der Waals surface area contributed by atoms with Crippen LogP contribution in [0.2, 0.25) is 0 Å². The van der Waals surface area contributed by atoms with E-state index in [2.05, 4.69) is 14.7 Å². The molecular weight excluding hydrogens is 352 g/mol. The fraction of sp³-hybridized carbons (Fsp3) is 0. The van der Waals surface area contributed by atoms with Crippen molar-refractivity contribution in [1.29, 1.82) is 0 Å². The van der Waals surface area contributed by atoms with Gasteiger partial charge in [-0.3, -0.25) is 9.71 Å². The molecule has 0 aliphatic rings. The average Bonchev–Trinajstić information content (AvgIpc) is 2.58. The minimum absolute atomic E-state index is 0.186. The molecule has 0 unspecified atom stereocenters. The number of sulfonamides is 1. The van der Waals surface area contributed by atoms with Gasteiger partial charge in [0.15, 0.2) is 11.6 Å². The summed E-state index contributed by atoms with van der Waals surface area (Å²) in [6.07, 6.45) is 4.34. The van der Waals surface area contributed by atoms with Gasteiger partial charge in [0, 0.05) is 18.5 Å². The first-order valence-electron chi connectivity index (χ1n) is 6.96. The standard InChI is InChI=1S/C16H11F2N3O3S/c17-14-5-4-13(9-15(14)18)25(22,23)21-11-2-1-3-12(8-11)24-16-10-19-6-7-20-16/h1-10,21H. The Labute approximate surface area is 142 Å². The number of anilines is 1. The molecule has 3 rings (SSSR count). The monoisotopic (exact) mass is 363 g/mol.